The molecule has 2 aliphatic rings. The van der Waals surface area contributed by atoms with Crippen LogP contribution >= 0.6 is 0 Å². The number of alkyl halides is 3. The third-order valence-electron chi connectivity index (χ3n) is 3.66. The molecule has 0 spiro atoms. The Balaban J connectivity index is 2.55. The van der Waals surface area contributed by atoms with Crippen molar-refractivity contribution in [2.75, 3.05) is 7.05 Å². The Morgan fingerprint density at radius 1 is 1.59 bits per heavy atom. The standard InChI is InChI=1S/C12H15F3N2/c1-5(2)12(15)7-4-6(7)8(10(12)17-3)9(16)11(13)14/h6-7,11H,1,4,16H2,2-3H3. The first kappa shape index (κ1) is 12.2. The van der Waals surface area contributed by atoms with Crippen LogP contribution in [-0.4, -0.2) is 24.9 Å². The van der Waals surface area contributed by atoms with Gasteiger partial charge in [0.05, 0.1) is 11.4 Å². The topological polar surface area (TPSA) is 38.4 Å². The molecule has 2 saturated carbocycles. The second-order valence-electron chi connectivity index (χ2n) is 4.68. The van der Waals surface area contributed by atoms with Gasteiger partial charge in [-0.05, 0) is 24.8 Å². The van der Waals surface area contributed by atoms with E-state index in [1.54, 1.807) is 6.92 Å². The average Bonchev–Trinajstić information content (AvgIpc) is 2.99. The van der Waals surface area contributed by atoms with Crippen molar-refractivity contribution in [2.24, 2.45) is 22.6 Å². The van der Waals surface area contributed by atoms with E-state index in [1.165, 1.54) is 7.05 Å². The molecule has 3 atom stereocenters. The number of nitrogens with zero attached hydrogens (tertiary/aromatic N) is 1. The van der Waals surface area contributed by atoms with Gasteiger partial charge in [-0.15, -0.1) is 0 Å². The van der Waals surface area contributed by atoms with Gasteiger partial charge in [0.15, 0.2) is 5.67 Å². The zero-order chi connectivity index (χ0) is 13.0. The molecule has 0 radical (unpaired) electrons. The van der Waals surface area contributed by atoms with Gasteiger partial charge >= 0.3 is 0 Å². The SMILES string of the molecule is C=C(C)C1(F)C(=NC)C(=C(N)C(F)F)C2CC21. The summed E-state index contributed by atoms with van der Waals surface area (Å²) in [4.78, 5) is 3.84. The van der Waals surface area contributed by atoms with Gasteiger partial charge in [-0.25, -0.2) is 13.2 Å². The second-order valence-corrected chi connectivity index (χ2v) is 4.68. The Labute approximate surface area is 98.1 Å². The molecule has 2 aliphatic carbocycles. The van der Waals surface area contributed by atoms with Crippen LogP contribution in [0.15, 0.2) is 28.4 Å². The van der Waals surface area contributed by atoms with Crippen LogP contribution in [0.1, 0.15) is 13.3 Å². The number of fused-ring (bicyclic) bond motifs is 1. The Morgan fingerprint density at radius 3 is 2.59 bits per heavy atom. The lowest BCUT2D eigenvalue weighted by molar-refractivity contribution is 0.186. The number of hydrogen-bond acceptors (Lipinski definition) is 2. The van der Waals surface area contributed by atoms with Gasteiger partial charge in [0, 0.05) is 18.5 Å². The predicted molar refractivity (Wildman–Crippen MR) is 60.8 cm³/mol. The molecule has 3 unspecified atom stereocenters. The highest BCUT2D eigenvalue weighted by molar-refractivity contribution is 6.13. The first-order chi connectivity index (χ1) is 7.85. The Kier molecular flexibility index (Phi) is 2.60. The van der Waals surface area contributed by atoms with Crippen LogP contribution in [0.25, 0.3) is 0 Å². The smallest absolute Gasteiger partial charge is 0.278 e. The number of aliphatic imine (C=N–C) groups is 1. The summed E-state index contributed by atoms with van der Waals surface area (Å²) in [6, 6.07) is 0. The minimum absolute atomic E-state index is 0.0454. The minimum atomic E-state index is -2.77. The van der Waals surface area contributed by atoms with Gasteiger partial charge in [0.25, 0.3) is 6.43 Å². The second kappa shape index (κ2) is 3.62. The lowest BCUT2D eigenvalue weighted by Gasteiger charge is -2.24. The van der Waals surface area contributed by atoms with Crippen molar-refractivity contribution in [1.82, 2.24) is 0 Å². The van der Waals surface area contributed by atoms with Gasteiger partial charge in [-0.2, -0.15) is 0 Å². The molecule has 2 rings (SSSR count). The molecule has 0 aromatic carbocycles. The first-order valence-corrected chi connectivity index (χ1v) is 5.45. The monoisotopic (exact) mass is 244 g/mol. The van der Waals surface area contributed by atoms with Gasteiger partial charge in [-0.1, -0.05) is 6.58 Å². The average molecular weight is 244 g/mol. The maximum Gasteiger partial charge on any atom is 0.278 e. The Hall–Kier alpha value is -1.26. The number of rotatable bonds is 2. The highest BCUT2D eigenvalue weighted by atomic mass is 19.3. The summed E-state index contributed by atoms with van der Waals surface area (Å²) in [7, 11) is 1.40. The molecule has 0 aliphatic heterocycles. The van der Waals surface area contributed by atoms with E-state index in [0.717, 1.165) is 0 Å². The van der Waals surface area contributed by atoms with Crippen LogP contribution in [0.4, 0.5) is 13.2 Å². The van der Waals surface area contributed by atoms with Crippen molar-refractivity contribution in [3.63, 3.8) is 0 Å². The summed E-state index contributed by atoms with van der Waals surface area (Å²) in [6.45, 7) is 5.17. The summed E-state index contributed by atoms with van der Waals surface area (Å²) >= 11 is 0. The van der Waals surface area contributed by atoms with Crippen LogP contribution in [0, 0.1) is 11.8 Å². The molecular weight excluding hydrogens is 229 g/mol. The van der Waals surface area contributed by atoms with Gasteiger partial charge in [-0.3, -0.25) is 4.99 Å². The van der Waals surface area contributed by atoms with Gasteiger partial charge < -0.3 is 5.73 Å². The van der Waals surface area contributed by atoms with E-state index in [1.807, 2.05) is 0 Å². The Bertz CT molecular complexity index is 439. The number of allylic oxidation sites excluding steroid dienone is 3. The summed E-state index contributed by atoms with van der Waals surface area (Å²) in [5, 5.41) is 0. The van der Waals surface area contributed by atoms with Crippen LogP contribution in [0.2, 0.25) is 0 Å². The molecule has 2 N–H and O–H groups in total. The van der Waals surface area contributed by atoms with E-state index in [-0.39, 0.29) is 23.1 Å². The lowest BCUT2D eigenvalue weighted by Crippen LogP contribution is -2.35. The van der Waals surface area contributed by atoms with E-state index >= 15 is 0 Å². The molecule has 17 heavy (non-hydrogen) atoms. The van der Waals surface area contributed by atoms with Crippen LogP contribution in [0.5, 0.6) is 0 Å². The molecule has 94 valence electrons. The largest absolute Gasteiger partial charge is 0.397 e. The lowest BCUT2D eigenvalue weighted by atomic mass is 9.88. The molecule has 2 nitrogen and oxygen atoms in total. The summed E-state index contributed by atoms with van der Waals surface area (Å²) in [5.74, 6) is -0.532. The number of nitrogens with two attached hydrogens (primary N) is 1. The quantitative estimate of drug-likeness (QED) is 0.744. The molecule has 0 heterocycles. The van der Waals surface area contributed by atoms with Crippen molar-refractivity contribution in [1.29, 1.82) is 0 Å². The minimum Gasteiger partial charge on any atom is -0.397 e. The van der Waals surface area contributed by atoms with Crippen molar-refractivity contribution >= 4 is 5.71 Å². The highest BCUT2D eigenvalue weighted by Crippen LogP contribution is 2.63. The fourth-order valence-corrected chi connectivity index (χ4v) is 2.77. The normalized spacial score (nSPS) is 40.7. The maximum atomic E-state index is 14.8. The molecule has 0 aromatic heterocycles. The molecule has 0 amide bonds. The third-order valence-corrected chi connectivity index (χ3v) is 3.66. The summed E-state index contributed by atoms with van der Waals surface area (Å²) in [6.07, 6.45) is -2.22. The van der Waals surface area contributed by atoms with Crippen molar-refractivity contribution in [2.45, 2.75) is 25.4 Å². The molecular formula is C12H15F3N2. The zero-order valence-electron chi connectivity index (χ0n) is 9.80. The van der Waals surface area contributed by atoms with Crippen molar-refractivity contribution in [3.05, 3.63) is 23.4 Å². The predicted octanol–water partition coefficient (Wildman–Crippen LogP) is 2.47. The molecule has 0 aromatic rings. The number of halogens is 3. The molecule has 5 heteroatoms. The van der Waals surface area contributed by atoms with E-state index < -0.39 is 17.8 Å². The van der Waals surface area contributed by atoms with E-state index in [0.29, 0.717) is 12.0 Å². The summed E-state index contributed by atoms with van der Waals surface area (Å²) < 4.78 is 40.1. The number of hydrogen-bond donors (Lipinski definition) is 1. The van der Waals surface area contributed by atoms with Crippen molar-refractivity contribution in [3.8, 4) is 0 Å². The fraction of sp³-hybridized carbons (Fsp3) is 0.583. The van der Waals surface area contributed by atoms with E-state index in [4.69, 9.17) is 5.73 Å². The molecule has 0 bridgehead atoms. The fourth-order valence-electron chi connectivity index (χ4n) is 2.77. The van der Waals surface area contributed by atoms with Crippen LogP contribution < -0.4 is 5.73 Å². The van der Waals surface area contributed by atoms with Crippen LogP contribution in [0.3, 0.4) is 0 Å². The first-order valence-electron chi connectivity index (χ1n) is 5.45. The zero-order valence-corrected chi connectivity index (χ0v) is 9.80. The van der Waals surface area contributed by atoms with Gasteiger partial charge in [0.2, 0.25) is 0 Å². The van der Waals surface area contributed by atoms with Crippen LogP contribution in [-0.2, 0) is 0 Å². The van der Waals surface area contributed by atoms with E-state index in [2.05, 4.69) is 11.6 Å². The molecule has 0 saturated heterocycles. The van der Waals surface area contributed by atoms with Crippen molar-refractivity contribution < 1.29 is 13.2 Å². The summed E-state index contributed by atoms with van der Waals surface area (Å²) in [5.41, 5.74) is 3.61. The molecule has 2 fully saturated rings. The van der Waals surface area contributed by atoms with Gasteiger partial charge in [0.1, 0.15) is 0 Å². The third kappa shape index (κ3) is 1.44. The van der Waals surface area contributed by atoms with E-state index in [9.17, 15) is 13.2 Å². The Morgan fingerprint density at radius 2 is 2.18 bits per heavy atom. The maximum absolute atomic E-state index is 14.8. The highest BCUT2D eigenvalue weighted by Gasteiger charge is 2.66.